The fraction of sp³-hybridized carbons (Fsp3) is 0.667. The quantitative estimate of drug-likeness (QED) is 0.757. The SMILES string of the molecule is CCCNCc1cccc(CN2CCCCC2CC)c1. The molecule has 1 aromatic rings. The smallest absolute Gasteiger partial charge is 0.0236 e. The number of likely N-dealkylation sites (tertiary alicyclic amines) is 1. The van der Waals surface area contributed by atoms with Gasteiger partial charge in [-0.3, -0.25) is 4.90 Å². The Hall–Kier alpha value is -0.860. The lowest BCUT2D eigenvalue weighted by Gasteiger charge is -2.35. The van der Waals surface area contributed by atoms with E-state index in [-0.39, 0.29) is 0 Å². The number of hydrogen-bond donors (Lipinski definition) is 1. The molecule has 1 aliphatic heterocycles. The van der Waals surface area contributed by atoms with E-state index in [1.165, 1.54) is 49.8 Å². The van der Waals surface area contributed by atoms with Crippen LogP contribution in [0.25, 0.3) is 0 Å². The summed E-state index contributed by atoms with van der Waals surface area (Å²) in [5.74, 6) is 0. The van der Waals surface area contributed by atoms with Crippen molar-refractivity contribution in [3.05, 3.63) is 35.4 Å². The molecule has 1 N–H and O–H groups in total. The summed E-state index contributed by atoms with van der Waals surface area (Å²) in [5, 5.41) is 3.49. The number of benzene rings is 1. The van der Waals surface area contributed by atoms with E-state index < -0.39 is 0 Å². The number of nitrogens with zero attached hydrogens (tertiary/aromatic N) is 1. The molecular formula is C18H30N2. The van der Waals surface area contributed by atoms with Gasteiger partial charge in [-0.25, -0.2) is 0 Å². The van der Waals surface area contributed by atoms with E-state index in [0.29, 0.717) is 0 Å². The van der Waals surface area contributed by atoms with Crippen LogP contribution in [-0.2, 0) is 13.1 Å². The van der Waals surface area contributed by atoms with E-state index in [9.17, 15) is 0 Å². The third-order valence-corrected chi connectivity index (χ3v) is 4.35. The Morgan fingerprint density at radius 1 is 1.20 bits per heavy atom. The van der Waals surface area contributed by atoms with Crippen molar-refractivity contribution in [2.75, 3.05) is 13.1 Å². The van der Waals surface area contributed by atoms with Gasteiger partial charge in [-0.15, -0.1) is 0 Å². The zero-order valence-electron chi connectivity index (χ0n) is 13.2. The first-order chi connectivity index (χ1) is 9.83. The highest BCUT2D eigenvalue weighted by atomic mass is 15.2. The Bertz CT molecular complexity index is 389. The average Bonchev–Trinajstić information content (AvgIpc) is 2.48. The molecule has 1 aromatic carbocycles. The van der Waals surface area contributed by atoms with Gasteiger partial charge in [0.05, 0.1) is 0 Å². The standard InChI is InChI=1S/C18H30N2/c1-3-11-19-14-16-8-7-9-17(13-16)15-20-12-6-5-10-18(20)4-2/h7-9,13,18-19H,3-6,10-12,14-15H2,1-2H3. The van der Waals surface area contributed by atoms with Crippen molar-refractivity contribution < 1.29 is 0 Å². The highest BCUT2D eigenvalue weighted by molar-refractivity contribution is 5.23. The van der Waals surface area contributed by atoms with Crippen LogP contribution >= 0.6 is 0 Å². The van der Waals surface area contributed by atoms with Crippen molar-refractivity contribution >= 4 is 0 Å². The van der Waals surface area contributed by atoms with Gasteiger partial charge in [-0.1, -0.05) is 44.5 Å². The third kappa shape index (κ3) is 4.60. The molecule has 0 saturated carbocycles. The predicted molar refractivity (Wildman–Crippen MR) is 86.8 cm³/mol. The Kier molecular flexibility index (Phi) is 6.55. The number of rotatable bonds is 7. The van der Waals surface area contributed by atoms with Crippen LogP contribution in [0.2, 0.25) is 0 Å². The van der Waals surface area contributed by atoms with Gasteiger partial charge in [-0.05, 0) is 49.9 Å². The lowest BCUT2D eigenvalue weighted by Crippen LogP contribution is -2.38. The van der Waals surface area contributed by atoms with E-state index in [0.717, 1.165) is 25.7 Å². The maximum absolute atomic E-state index is 3.49. The summed E-state index contributed by atoms with van der Waals surface area (Å²) >= 11 is 0. The van der Waals surface area contributed by atoms with E-state index in [1.807, 2.05) is 0 Å². The molecule has 1 atom stereocenters. The molecule has 2 nitrogen and oxygen atoms in total. The first-order valence-corrected chi connectivity index (χ1v) is 8.36. The van der Waals surface area contributed by atoms with Crippen molar-refractivity contribution in [3.8, 4) is 0 Å². The first-order valence-electron chi connectivity index (χ1n) is 8.36. The highest BCUT2D eigenvalue weighted by Gasteiger charge is 2.20. The zero-order chi connectivity index (χ0) is 14.2. The molecule has 20 heavy (non-hydrogen) atoms. The van der Waals surface area contributed by atoms with Crippen molar-refractivity contribution in [2.24, 2.45) is 0 Å². The summed E-state index contributed by atoms with van der Waals surface area (Å²) in [6.07, 6.45) is 6.65. The van der Waals surface area contributed by atoms with Crippen LogP contribution in [0.3, 0.4) is 0 Å². The topological polar surface area (TPSA) is 15.3 Å². The molecule has 2 rings (SSSR count). The number of nitrogens with one attached hydrogen (secondary N) is 1. The molecule has 1 unspecified atom stereocenters. The van der Waals surface area contributed by atoms with Crippen LogP contribution in [0.15, 0.2) is 24.3 Å². The molecule has 0 spiro atoms. The summed E-state index contributed by atoms with van der Waals surface area (Å²) in [4.78, 5) is 2.68. The summed E-state index contributed by atoms with van der Waals surface area (Å²) in [6.45, 7) is 9.04. The molecule has 112 valence electrons. The summed E-state index contributed by atoms with van der Waals surface area (Å²) in [5.41, 5.74) is 2.89. The van der Waals surface area contributed by atoms with Crippen molar-refractivity contribution in [3.63, 3.8) is 0 Å². The minimum Gasteiger partial charge on any atom is -0.313 e. The maximum Gasteiger partial charge on any atom is 0.0236 e. The van der Waals surface area contributed by atoms with E-state index >= 15 is 0 Å². The van der Waals surface area contributed by atoms with Gasteiger partial charge >= 0.3 is 0 Å². The molecule has 0 bridgehead atoms. The molecule has 1 heterocycles. The molecule has 2 heteroatoms. The Balaban J connectivity index is 1.92. The second-order valence-corrected chi connectivity index (χ2v) is 6.03. The van der Waals surface area contributed by atoms with Crippen molar-refractivity contribution in [1.82, 2.24) is 10.2 Å². The van der Waals surface area contributed by atoms with E-state index in [2.05, 4.69) is 48.3 Å². The van der Waals surface area contributed by atoms with Crippen molar-refractivity contribution in [1.29, 1.82) is 0 Å². The summed E-state index contributed by atoms with van der Waals surface area (Å²) in [7, 11) is 0. The normalized spacial score (nSPS) is 20.2. The third-order valence-electron chi connectivity index (χ3n) is 4.35. The van der Waals surface area contributed by atoms with Crippen LogP contribution in [0.5, 0.6) is 0 Å². The van der Waals surface area contributed by atoms with Gasteiger partial charge in [0.1, 0.15) is 0 Å². The van der Waals surface area contributed by atoms with Gasteiger partial charge in [0.15, 0.2) is 0 Å². The Morgan fingerprint density at radius 2 is 2.05 bits per heavy atom. The zero-order valence-corrected chi connectivity index (χ0v) is 13.2. The second kappa shape index (κ2) is 8.43. The van der Waals surface area contributed by atoms with Gasteiger partial charge in [-0.2, -0.15) is 0 Å². The molecule has 1 fully saturated rings. The minimum atomic E-state index is 0.797. The molecule has 0 aromatic heterocycles. The fourth-order valence-electron chi connectivity index (χ4n) is 3.21. The lowest BCUT2D eigenvalue weighted by molar-refractivity contribution is 0.136. The monoisotopic (exact) mass is 274 g/mol. The lowest BCUT2D eigenvalue weighted by atomic mass is 9.99. The fourth-order valence-corrected chi connectivity index (χ4v) is 3.21. The highest BCUT2D eigenvalue weighted by Crippen LogP contribution is 2.22. The van der Waals surface area contributed by atoms with E-state index in [1.54, 1.807) is 0 Å². The largest absolute Gasteiger partial charge is 0.313 e. The molecule has 0 amide bonds. The average molecular weight is 274 g/mol. The maximum atomic E-state index is 3.49. The Morgan fingerprint density at radius 3 is 2.85 bits per heavy atom. The predicted octanol–water partition coefficient (Wildman–Crippen LogP) is 3.95. The molecule has 1 saturated heterocycles. The van der Waals surface area contributed by atoms with Crippen LogP contribution in [0.4, 0.5) is 0 Å². The van der Waals surface area contributed by atoms with Crippen LogP contribution in [0, 0.1) is 0 Å². The van der Waals surface area contributed by atoms with Gasteiger partial charge in [0, 0.05) is 19.1 Å². The number of piperidine rings is 1. The summed E-state index contributed by atoms with van der Waals surface area (Å²) in [6, 6.07) is 9.91. The molecule has 0 radical (unpaired) electrons. The van der Waals surface area contributed by atoms with E-state index in [4.69, 9.17) is 0 Å². The Labute approximate surface area is 124 Å². The molecular weight excluding hydrogens is 244 g/mol. The summed E-state index contributed by atoms with van der Waals surface area (Å²) < 4.78 is 0. The molecule has 0 aliphatic carbocycles. The van der Waals surface area contributed by atoms with Crippen molar-refractivity contribution in [2.45, 2.75) is 65.1 Å². The molecule has 1 aliphatic rings. The van der Waals surface area contributed by atoms with Crippen LogP contribution in [-0.4, -0.2) is 24.0 Å². The van der Waals surface area contributed by atoms with Crippen LogP contribution in [0.1, 0.15) is 57.1 Å². The van der Waals surface area contributed by atoms with Crippen LogP contribution < -0.4 is 5.32 Å². The van der Waals surface area contributed by atoms with Gasteiger partial charge in [0.2, 0.25) is 0 Å². The second-order valence-electron chi connectivity index (χ2n) is 6.03. The first kappa shape index (κ1) is 15.5. The number of hydrogen-bond acceptors (Lipinski definition) is 2. The minimum absolute atomic E-state index is 0.797. The van der Waals surface area contributed by atoms with Gasteiger partial charge < -0.3 is 5.32 Å². The van der Waals surface area contributed by atoms with Gasteiger partial charge in [0.25, 0.3) is 0 Å².